The molecule has 0 fully saturated rings. The van der Waals surface area contributed by atoms with Crippen LogP contribution in [0.4, 0.5) is 0 Å². The van der Waals surface area contributed by atoms with Crippen LogP contribution in [0.1, 0.15) is 69.4 Å². The Bertz CT molecular complexity index is 416. The predicted molar refractivity (Wildman–Crippen MR) is 88.4 cm³/mol. The van der Waals surface area contributed by atoms with Gasteiger partial charge in [-0.1, -0.05) is 69.7 Å². The van der Waals surface area contributed by atoms with Crippen LogP contribution in [0.15, 0.2) is 24.3 Å². The minimum Gasteiger partial charge on any atom is -0.353 e. The number of benzene rings is 1. The quantitative estimate of drug-likeness (QED) is 0.670. The summed E-state index contributed by atoms with van der Waals surface area (Å²) in [5, 5.41) is 3.20. The summed E-state index contributed by atoms with van der Waals surface area (Å²) in [5.74, 6) is 0.237. The Morgan fingerprint density at radius 2 is 1.57 bits per heavy atom. The molecule has 0 saturated carbocycles. The Balaban J connectivity index is 1.55. The molecule has 0 radical (unpaired) electrons. The van der Waals surface area contributed by atoms with Crippen LogP contribution in [0.5, 0.6) is 0 Å². The molecular formula is C19H29NO. The van der Waals surface area contributed by atoms with Crippen molar-refractivity contribution in [1.82, 2.24) is 5.32 Å². The van der Waals surface area contributed by atoms with Crippen molar-refractivity contribution in [2.75, 3.05) is 0 Å². The van der Waals surface area contributed by atoms with Crippen molar-refractivity contribution in [2.45, 2.75) is 77.2 Å². The Labute approximate surface area is 129 Å². The smallest absolute Gasteiger partial charge is 0.220 e. The lowest BCUT2D eigenvalue weighted by Gasteiger charge is -2.11. The second-order valence-electron chi connectivity index (χ2n) is 6.31. The van der Waals surface area contributed by atoms with Crippen molar-refractivity contribution in [1.29, 1.82) is 0 Å². The monoisotopic (exact) mass is 287 g/mol. The molecule has 21 heavy (non-hydrogen) atoms. The molecule has 0 bridgehead atoms. The maximum absolute atomic E-state index is 12.0. The number of hydrogen-bond donors (Lipinski definition) is 1. The maximum Gasteiger partial charge on any atom is 0.220 e. The fourth-order valence-corrected chi connectivity index (χ4v) is 3.20. The first-order chi connectivity index (χ1) is 10.3. The van der Waals surface area contributed by atoms with Crippen LogP contribution in [-0.4, -0.2) is 11.9 Å². The van der Waals surface area contributed by atoms with Crippen molar-refractivity contribution >= 4 is 5.91 Å². The molecule has 0 aliphatic heterocycles. The summed E-state index contributed by atoms with van der Waals surface area (Å²) in [6, 6.07) is 8.85. The molecule has 2 heteroatoms. The van der Waals surface area contributed by atoms with Crippen LogP contribution in [-0.2, 0) is 17.6 Å². The Morgan fingerprint density at radius 1 is 1.00 bits per heavy atom. The van der Waals surface area contributed by atoms with Gasteiger partial charge in [0.1, 0.15) is 0 Å². The maximum atomic E-state index is 12.0. The van der Waals surface area contributed by atoms with Crippen LogP contribution < -0.4 is 5.32 Å². The van der Waals surface area contributed by atoms with Crippen LogP contribution in [0.3, 0.4) is 0 Å². The highest BCUT2D eigenvalue weighted by molar-refractivity contribution is 5.76. The zero-order chi connectivity index (χ0) is 14.9. The van der Waals surface area contributed by atoms with Gasteiger partial charge in [-0.3, -0.25) is 4.79 Å². The largest absolute Gasteiger partial charge is 0.353 e. The zero-order valence-electron chi connectivity index (χ0n) is 13.4. The topological polar surface area (TPSA) is 29.1 Å². The van der Waals surface area contributed by atoms with Crippen molar-refractivity contribution in [3.63, 3.8) is 0 Å². The van der Waals surface area contributed by atoms with Gasteiger partial charge in [0.15, 0.2) is 0 Å². The number of fused-ring (bicyclic) bond motifs is 1. The molecule has 0 heterocycles. The lowest BCUT2D eigenvalue weighted by atomic mass is 10.1. The molecule has 0 unspecified atom stereocenters. The van der Waals surface area contributed by atoms with Crippen LogP contribution >= 0.6 is 0 Å². The molecule has 2 nitrogen and oxygen atoms in total. The first-order valence-corrected chi connectivity index (χ1v) is 8.65. The van der Waals surface area contributed by atoms with Crippen molar-refractivity contribution in [2.24, 2.45) is 0 Å². The Morgan fingerprint density at radius 3 is 2.19 bits per heavy atom. The minimum absolute atomic E-state index is 0.237. The van der Waals surface area contributed by atoms with E-state index in [1.54, 1.807) is 0 Å². The van der Waals surface area contributed by atoms with Gasteiger partial charge >= 0.3 is 0 Å². The van der Waals surface area contributed by atoms with E-state index in [1.165, 1.54) is 49.7 Å². The summed E-state index contributed by atoms with van der Waals surface area (Å²) < 4.78 is 0. The number of hydrogen-bond acceptors (Lipinski definition) is 1. The third-order valence-electron chi connectivity index (χ3n) is 4.42. The fraction of sp³-hybridized carbons (Fsp3) is 0.632. The van der Waals surface area contributed by atoms with Gasteiger partial charge in [-0.25, -0.2) is 0 Å². The first kappa shape index (κ1) is 16.1. The molecule has 2 rings (SSSR count). The Hall–Kier alpha value is -1.31. The normalized spacial score (nSPS) is 14.1. The lowest BCUT2D eigenvalue weighted by Crippen LogP contribution is -2.35. The molecule has 1 aromatic rings. The van der Waals surface area contributed by atoms with Gasteiger partial charge in [0.05, 0.1) is 0 Å². The van der Waals surface area contributed by atoms with E-state index in [-0.39, 0.29) is 5.91 Å². The highest BCUT2D eigenvalue weighted by atomic mass is 16.1. The van der Waals surface area contributed by atoms with Crippen LogP contribution in [0, 0.1) is 0 Å². The number of carbonyl (C=O) groups excluding carboxylic acids is 1. The minimum atomic E-state index is 0.237. The highest BCUT2D eigenvalue weighted by Gasteiger charge is 2.21. The molecule has 116 valence electrons. The average Bonchev–Trinajstić information content (AvgIpc) is 2.88. The summed E-state index contributed by atoms with van der Waals surface area (Å²) in [5.41, 5.74) is 2.80. The van der Waals surface area contributed by atoms with Gasteiger partial charge in [0, 0.05) is 12.5 Å². The van der Waals surface area contributed by atoms with Gasteiger partial charge in [-0.15, -0.1) is 0 Å². The number of unbranched alkanes of at least 4 members (excludes halogenated alkanes) is 6. The average molecular weight is 287 g/mol. The summed E-state index contributed by atoms with van der Waals surface area (Å²) in [6.07, 6.45) is 11.5. The van der Waals surface area contributed by atoms with E-state index in [1.807, 2.05) is 0 Å². The SMILES string of the molecule is CCCCCCCCCC(=O)NC1Cc2ccccc2C1. The molecule has 0 spiro atoms. The lowest BCUT2D eigenvalue weighted by molar-refractivity contribution is -0.121. The van der Waals surface area contributed by atoms with Crippen molar-refractivity contribution in [3.05, 3.63) is 35.4 Å². The molecule has 1 N–H and O–H groups in total. The van der Waals surface area contributed by atoms with Gasteiger partial charge < -0.3 is 5.32 Å². The van der Waals surface area contributed by atoms with E-state index in [4.69, 9.17) is 0 Å². The molecular weight excluding hydrogens is 258 g/mol. The molecule has 1 aromatic carbocycles. The second-order valence-corrected chi connectivity index (χ2v) is 6.31. The summed E-state index contributed by atoms with van der Waals surface area (Å²) in [7, 11) is 0. The zero-order valence-corrected chi connectivity index (χ0v) is 13.4. The van der Waals surface area contributed by atoms with Gasteiger partial charge in [0.2, 0.25) is 5.91 Å². The van der Waals surface area contributed by atoms with Crippen LogP contribution in [0.2, 0.25) is 0 Å². The highest BCUT2D eigenvalue weighted by Crippen LogP contribution is 2.21. The fourth-order valence-electron chi connectivity index (χ4n) is 3.20. The van der Waals surface area contributed by atoms with Gasteiger partial charge in [-0.2, -0.15) is 0 Å². The summed E-state index contributed by atoms with van der Waals surface area (Å²) >= 11 is 0. The molecule has 0 aromatic heterocycles. The molecule has 0 saturated heterocycles. The number of rotatable bonds is 9. The molecule has 1 amide bonds. The number of nitrogens with one attached hydrogen (secondary N) is 1. The standard InChI is InChI=1S/C19H29NO/c1-2-3-4-5-6-7-8-13-19(21)20-18-14-16-11-9-10-12-17(16)15-18/h9-12,18H,2-8,13-15H2,1H3,(H,20,21). The summed E-state index contributed by atoms with van der Waals surface area (Å²) in [4.78, 5) is 12.0. The number of amides is 1. The van der Waals surface area contributed by atoms with E-state index in [0.717, 1.165) is 19.3 Å². The predicted octanol–water partition coefficient (Wildman–Crippen LogP) is 4.41. The van der Waals surface area contributed by atoms with Crippen molar-refractivity contribution in [3.8, 4) is 0 Å². The summed E-state index contributed by atoms with van der Waals surface area (Å²) in [6.45, 7) is 2.24. The molecule has 1 aliphatic carbocycles. The second kappa shape index (κ2) is 8.86. The third-order valence-corrected chi connectivity index (χ3v) is 4.42. The van der Waals surface area contributed by atoms with Crippen LogP contribution in [0.25, 0.3) is 0 Å². The molecule has 0 atom stereocenters. The van der Waals surface area contributed by atoms with E-state index in [9.17, 15) is 4.79 Å². The van der Waals surface area contributed by atoms with E-state index < -0.39 is 0 Å². The Kier molecular flexibility index (Phi) is 6.78. The first-order valence-electron chi connectivity index (χ1n) is 8.65. The van der Waals surface area contributed by atoms with Gasteiger partial charge in [-0.05, 0) is 30.4 Å². The number of carbonyl (C=O) groups is 1. The third kappa shape index (κ3) is 5.53. The van der Waals surface area contributed by atoms with E-state index >= 15 is 0 Å². The van der Waals surface area contributed by atoms with E-state index in [0.29, 0.717) is 12.5 Å². The van der Waals surface area contributed by atoms with E-state index in [2.05, 4.69) is 36.5 Å². The molecule has 1 aliphatic rings. The van der Waals surface area contributed by atoms with Crippen molar-refractivity contribution < 1.29 is 4.79 Å². The van der Waals surface area contributed by atoms with Gasteiger partial charge in [0.25, 0.3) is 0 Å².